The standard InChI is InChI=1S/C19H21F3N6O2S/c1-23-31(29)13-6-7-15(30-12-4-2-11(3-5-12)19(20,21)22)14(8-13)28-18-16-17(25-9-24-16)26-10-27-18/h6-12,23H,2-5H2,1H3,(H2,24,25,26,27,28). The van der Waals surface area contributed by atoms with Crippen molar-refractivity contribution >= 4 is 33.7 Å². The number of H-pyrrole nitrogens is 1. The Morgan fingerprint density at radius 1 is 1.16 bits per heavy atom. The number of fused-ring (bicyclic) bond motifs is 1. The largest absolute Gasteiger partial charge is 0.488 e. The van der Waals surface area contributed by atoms with E-state index in [0.29, 0.717) is 46.2 Å². The molecule has 0 bridgehead atoms. The summed E-state index contributed by atoms with van der Waals surface area (Å²) in [7, 11) is 0.143. The lowest BCUT2D eigenvalue weighted by molar-refractivity contribution is -0.185. The van der Waals surface area contributed by atoms with Crippen LogP contribution < -0.4 is 14.8 Å². The van der Waals surface area contributed by atoms with E-state index in [1.165, 1.54) is 12.7 Å². The van der Waals surface area contributed by atoms with E-state index in [4.69, 9.17) is 4.74 Å². The minimum atomic E-state index is -4.17. The predicted octanol–water partition coefficient (Wildman–Crippen LogP) is 3.84. The van der Waals surface area contributed by atoms with Crippen LogP contribution >= 0.6 is 0 Å². The van der Waals surface area contributed by atoms with Crippen molar-refractivity contribution in [2.45, 2.75) is 42.9 Å². The van der Waals surface area contributed by atoms with E-state index >= 15 is 0 Å². The second-order valence-corrected chi connectivity index (χ2v) is 8.63. The smallest absolute Gasteiger partial charge is 0.391 e. The number of nitrogens with one attached hydrogen (secondary N) is 3. The van der Waals surface area contributed by atoms with Crippen molar-refractivity contribution in [2.75, 3.05) is 12.4 Å². The highest BCUT2D eigenvalue weighted by molar-refractivity contribution is 7.83. The number of nitrogens with zero attached hydrogens (tertiary/aromatic N) is 3. The first-order valence-electron chi connectivity index (χ1n) is 9.73. The Bertz CT molecular complexity index is 1080. The van der Waals surface area contributed by atoms with Crippen LogP contribution in [0.2, 0.25) is 0 Å². The number of aromatic amines is 1. The summed E-state index contributed by atoms with van der Waals surface area (Å²) < 4.78 is 59.8. The maximum atomic E-state index is 13.0. The lowest BCUT2D eigenvalue weighted by Crippen LogP contribution is -2.32. The van der Waals surface area contributed by atoms with Gasteiger partial charge >= 0.3 is 6.18 Å². The first kappa shape index (κ1) is 21.5. The summed E-state index contributed by atoms with van der Waals surface area (Å²) in [5.41, 5.74) is 1.55. The van der Waals surface area contributed by atoms with Crippen LogP contribution in [0.5, 0.6) is 5.75 Å². The summed E-state index contributed by atoms with van der Waals surface area (Å²) in [5, 5.41) is 3.15. The fraction of sp³-hybridized carbons (Fsp3) is 0.421. The molecule has 3 N–H and O–H groups in total. The van der Waals surface area contributed by atoms with E-state index < -0.39 is 23.1 Å². The number of imidazole rings is 1. The fourth-order valence-electron chi connectivity index (χ4n) is 3.62. The predicted molar refractivity (Wildman–Crippen MR) is 109 cm³/mol. The Balaban J connectivity index is 1.59. The van der Waals surface area contributed by atoms with Crippen molar-refractivity contribution in [2.24, 2.45) is 5.92 Å². The van der Waals surface area contributed by atoms with Gasteiger partial charge in [-0.15, -0.1) is 0 Å². The number of benzene rings is 1. The van der Waals surface area contributed by atoms with Crippen LogP contribution in [0.25, 0.3) is 11.2 Å². The second-order valence-electron chi connectivity index (χ2n) is 7.21. The number of alkyl halides is 3. The molecule has 1 saturated carbocycles. The lowest BCUT2D eigenvalue weighted by atomic mass is 9.87. The number of hydrogen-bond acceptors (Lipinski definition) is 6. The molecule has 31 heavy (non-hydrogen) atoms. The third kappa shape index (κ3) is 4.79. The highest BCUT2D eigenvalue weighted by Crippen LogP contribution is 2.40. The minimum Gasteiger partial charge on any atom is -0.488 e. The van der Waals surface area contributed by atoms with Gasteiger partial charge in [0.15, 0.2) is 11.5 Å². The highest BCUT2D eigenvalue weighted by atomic mass is 32.2. The molecule has 12 heteroatoms. The van der Waals surface area contributed by atoms with Gasteiger partial charge in [-0.1, -0.05) is 0 Å². The number of halogens is 3. The van der Waals surface area contributed by atoms with E-state index in [1.54, 1.807) is 25.2 Å². The van der Waals surface area contributed by atoms with Gasteiger partial charge < -0.3 is 15.0 Å². The minimum absolute atomic E-state index is 0.0411. The Morgan fingerprint density at radius 2 is 1.94 bits per heavy atom. The Kier molecular flexibility index (Phi) is 6.10. The molecule has 2 heterocycles. The van der Waals surface area contributed by atoms with Crippen LogP contribution in [0.1, 0.15) is 25.7 Å². The molecule has 1 aliphatic rings. The summed E-state index contributed by atoms with van der Waals surface area (Å²) in [6, 6.07) is 4.97. The van der Waals surface area contributed by atoms with E-state index in [9.17, 15) is 17.4 Å². The molecule has 0 saturated heterocycles. The molecule has 1 aliphatic carbocycles. The number of rotatable bonds is 6. The van der Waals surface area contributed by atoms with E-state index in [-0.39, 0.29) is 18.9 Å². The SMILES string of the molecule is CNS(=O)c1ccc(OC2CCC(C(F)(F)F)CC2)c(Nc2ncnc3nc[nH]c23)c1. The molecule has 1 fully saturated rings. The molecule has 1 atom stereocenters. The zero-order valence-electron chi connectivity index (χ0n) is 16.6. The number of ether oxygens (including phenoxy) is 1. The molecule has 3 aromatic rings. The molecule has 0 radical (unpaired) electrons. The number of anilines is 2. The van der Waals surface area contributed by atoms with Gasteiger partial charge in [0.1, 0.15) is 28.6 Å². The molecular weight excluding hydrogens is 433 g/mol. The van der Waals surface area contributed by atoms with Crippen molar-refractivity contribution in [1.29, 1.82) is 0 Å². The van der Waals surface area contributed by atoms with Crippen LogP contribution in [-0.4, -0.2) is 43.5 Å². The van der Waals surface area contributed by atoms with E-state index in [1.807, 2.05) is 0 Å². The van der Waals surface area contributed by atoms with Gasteiger partial charge in [0.05, 0.1) is 28.9 Å². The molecule has 8 nitrogen and oxygen atoms in total. The topological polar surface area (TPSA) is 105 Å². The quantitative estimate of drug-likeness (QED) is 0.523. The molecule has 166 valence electrons. The van der Waals surface area contributed by atoms with Crippen LogP contribution in [0.3, 0.4) is 0 Å². The van der Waals surface area contributed by atoms with Gasteiger partial charge in [-0.2, -0.15) is 13.2 Å². The van der Waals surface area contributed by atoms with Gasteiger partial charge in [-0.05, 0) is 50.9 Å². The normalized spacial score (nSPS) is 20.5. The van der Waals surface area contributed by atoms with Crippen LogP contribution in [-0.2, 0) is 11.0 Å². The summed E-state index contributed by atoms with van der Waals surface area (Å²) in [6.07, 6.45) is -0.943. The monoisotopic (exact) mass is 454 g/mol. The second kappa shape index (κ2) is 8.79. The Hall–Kier alpha value is -2.73. The van der Waals surface area contributed by atoms with Crippen LogP contribution in [0.4, 0.5) is 24.7 Å². The first-order valence-corrected chi connectivity index (χ1v) is 10.9. The molecule has 0 amide bonds. The van der Waals surface area contributed by atoms with Gasteiger partial charge in [-0.25, -0.2) is 23.9 Å². The summed E-state index contributed by atoms with van der Waals surface area (Å²) >= 11 is 0. The summed E-state index contributed by atoms with van der Waals surface area (Å²) in [5.74, 6) is -0.390. The third-order valence-electron chi connectivity index (χ3n) is 5.26. The summed E-state index contributed by atoms with van der Waals surface area (Å²) in [6.45, 7) is 0. The maximum absolute atomic E-state index is 13.0. The number of aromatic nitrogens is 4. The van der Waals surface area contributed by atoms with Crippen molar-refractivity contribution < 1.29 is 22.1 Å². The first-order chi connectivity index (χ1) is 14.8. The molecule has 1 aromatic carbocycles. The molecule has 4 rings (SSSR count). The molecule has 1 unspecified atom stereocenters. The average Bonchev–Trinajstić information content (AvgIpc) is 3.24. The molecule has 2 aromatic heterocycles. The third-order valence-corrected chi connectivity index (χ3v) is 6.31. The Labute approximate surface area is 178 Å². The number of hydrogen-bond donors (Lipinski definition) is 3. The van der Waals surface area contributed by atoms with E-state index in [0.717, 1.165) is 0 Å². The van der Waals surface area contributed by atoms with Crippen LogP contribution in [0, 0.1) is 5.92 Å². The molecular formula is C19H21F3N6O2S. The average molecular weight is 454 g/mol. The maximum Gasteiger partial charge on any atom is 0.391 e. The van der Waals surface area contributed by atoms with Crippen molar-refractivity contribution in [3.63, 3.8) is 0 Å². The Morgan fingerprint density at radius 3 is 2.65 bits per heavy atom. The molecule has 0 spiro atoms. The van der Waals surface area contributed by atoms with E-state index in [2.05, 4.69) is 30.0 Å². The van der Waals surface area contributed by atoms with Crippen LogP contribution in [0.15, 0.2) is 35.7 Å². The van der Waals surface area contributed by atoms with Crippen molar-refractivity contribution in [1.82, 2.24) is 24.7 Å². The van der Waals surface area contributed by atoms with Gasteiger partial charge in [0, 0.05) is 0 Å². The van der Waals surface area contributed by atoms with Gasteiger partial charge in [0.2, 0.25) is 0 Å². The fourth-order valence-corrected chi connectivity index (χ4v) is 4.27. The summed E-state index contributed by atoms with van der Waals surface area (Å²) in [4.78, 5) is 15.9. The van der Waals surface area contributed by atoms with Gasteiger partial charge in [0.25, 0.3) is 0 Å². The lowest BCUT2D eigenvalue weighted by Gasteiger charge is -2.30. The van der Waals surface area contributed by atoms with Gasteiger partial charge in [-0.3, -0.25) is 0 Å². The highest BCUT2D eigenvalue weighted by Gasteiger charge is 2.41. The van der Waals surface area contributed by atoms with Crippen molar-refractivity contribution in [3.8, 4) is 5.75 Å². The van der Waals surface area contributed by atoms with Crippen molar-refractivity contribution in [3.05, 3.63) is 30.9 Å². The zero-order chi connectivity index (χ0) is 22.0. The molecule has 0 aliphatic heterocycles. The zero-order valence-corrected chi connectivity index (χ0v) is 17.4.